The molecule has 1 unspecified atom stereocenters. The quantitative estimate of drug-likeness (QED) is 0.164. The average molecular weight is 846 g/mol. The van der Waals surface area contributed by atoms with Gasteiger partial charge in [-0.15, -0.1) is 0 Å². The van der Waals surface area contributed by atoms with Crippen molar-refractivity contribution in [1.29, 1.82) is 0 Å². The van der Waals surface area contributed by atoms with Crippen LogP contribution in [-0.4, -0.2) is 102 Å². The second kappa shape index (κ2) is 16.3. The van der Waals surface area contributed by atoms with Gasteiger partial charge in [0.15, 0.2) is 0 Å². The summed E-state index contributed by atoms with van der Waals surface area (Å²) in [6, 6.07) is 10.9. The molecule has 0 radical (unpaired) electrons. The van der Waals surface area contributed by atoms with Crippen molar-refractivity contribution in [3.63, 3.8) is 0 Å². The van der Waals surface area contributed by atoms with Crippen LogP contribution < -0.4 is 25.2 Å². The molecule has 4 aromatic rings. The van der Waals surface area contributed by atoms with Crippen LogP contribution in [-0.2, 0) is 13.6 Å². The van der Waals surface area contributed by atoms with Crippen LogP contribution in [0.15, 0.2) is 78.1 Å². The molecule has 2 aromatic carbocycles. The summed E-state index contributed by atoms with van der Waals surface area (Å²) in [5, 5.41) is 5.17. The summed E-state index contributed by atoms with van der Waals surface area (Å²) in [5.74, 6) is 2.29. The molecule has 1 N–H and O–H groups in total. The van der Waals surface area contributed by atoms with E-state index < -0.39 is 0 Å². The third kappa shape index (κ3) is 7.83. The first kappa shape index (κ1) is 41.2. The largest absolute Gasteiger partial charge is 0.496 e. The van der Waals surface area contributed by atoms with Crippen molar-refractivity contribution in [2.75, 3.05) is 58.8 Å². The Balaban J connectivity index is 0.753. The van der Waals surface area contributed by atoms with E-state index in [1.165, 1.54) is 17.7 Å². The van der Waals surface area contributed by atoms with Crippen LogP contribution in [0, 0.1) is 11.3 Å². The predicted molar refractivity (Wildman–Crippen MR) is 239 cm³/mol. The molecule has 4 aliphatic heterocycles. The van der Waals surface area contributed by atoms with Gasteiger partial charge in [0.1, 0.15) is 17.3 Å². The zero-order chi connectivity index (χ0) is 42.7. The second-order valence-corrected chi connectivity index (χ2v) is 18.7. The van der Waals surface area contributed by atoms with E-state index in [0.717, 1.165) is 104 Å². The standard InChI is InChI=1S/C48H56ClN7O5/c1-29-7-10-42(30(2)51-29)56-46(58)35-9-8-33(21-37(35)47(56)59)61-34-23-48(24-34)13-17-55(18-14-48)26-31-11-15-54(16-12-31)28-40-41(49)19-32(20-43(40)60-6)39-27-53(5)45(57)38-25-50-44(52(3)4)22-36(38)39/h8-9,19-22,25,27,31,34,42,51H,1-2,7,10-18,23-24,26,28H2,3-6H3. The van der Waals surface area contributed by atoms with Crippen LogP contribution in [0.1, 0.15) is 77.6 Å². The maximum Gasteiger partial charge on any atom is 0.262 e. The van der Waals surface area contributed by atoms with Gasteiger partial charge in [-0.2, -0.15) is 0 Å². The average Bonchev–Trinajstić information content (AvgIpc) is 3.48. The molecule has 4 fully saturated rings. The van der Waals surface area contributed by atoms with Crippen molar-refractivity contribution in [3.05, 3.63) is 105 Å². The molecular formula is C48H56ClN7O5. The smallest absolute Gasteiger partial charge is 0.262 e. The Morgan fingerprint density at radius 2 is 1.66 bits per heavy atom. The maximum atomic E-state index is 13.4. The van der Waals surface area contributed by atoms with Crippen LogP contribution in [0.2, 0.25) is 5.02 Å². The van der Waals surface area contributed by atoms with Gasteiger partial charge >= 0.3 is 0 Å². The van der Waals surface area contributed by atoms with Crippen molar-refractivity contribution >= 4 is 40.0 Å². The molecule has 3 saturated heterocycles. The van der Waals surface area contributed by atoms with Gasteiger partial charge in [0.2, 0.25) is 0 Å². The highest BCUT2D eigenvalue weighted by atomic mass is 35.5. The van der Waals surface area contributed by atoms with E-state index in [-0.39, 0.29) is 29.5 Å². The van der Waals surface area contributed by atoms with Gasteiger partial charge in [0.05, 0.1) is 35.8 Å². The van der Waals surface area contributed by atoms with E-state index in [2.05, 4.69) is 33.3 Å². The van der Waals surface area contributed by atoms with Crippen molar-refractivity contribution in [3.8, 4) is 22.6 Å². The molecule has 2 amide bonds. The van der Waals surface area contributed by atoms with Crippen molar-refractivity contribution in [1.82, 2.24) is 29.6 Å². The number of halogens is 1. The first-order chi connectivity index (χ1) is 29.3. The number of allylic oxidation sites excluding steroid dienone is 1. The van der Waals surface area contributed by atoms with Gasteiger partial charge in [-0.1, -0.05) is 24.8 Å². The van der Waals surface area contributed by atoms with Crippen molar-refractivity contribution < 1.29 is 19.1 Å². The highest BCUT2D eigenvalue weighted by molar-refractivity contribution is 6.32. The topological polar surface area (TPSA) is 112 Å². The molecule has 2 aromatic heterocycles. The summed E-state index contributed by atoms with van der Waals surface area (Å²) in [6.07, 6.45) is 11.7. The fraction of sp³-hybridized carbons (Fsp3) is 0.458. The van der Waals surface area contributed by atoms with Gasteiger partial charge in [0, 0.05) is 79.6 Å². The number of likely N-dealkylation sites (tertiary alicyclic amines) is 2. The Morgan fingerprint density at radius 3 is 2.36 bits per heavy atom. The summed E-state index contributed by atoms with van der Waals surface area (Å²) in [4.78, 5) is 52.6. The summed E-state index contributed by atoms with van der Waals surface area (Å²) in [5.41, 5.74) is 5.34. The number of ether oxygens (including phenoxy) is 2. The summed E-state index contributed by atoms with van der Waals surface area (Å²) >= 11 is 7.06. The van der Waals surface area contributed by atoms with E-state index >= 15 is 0 Å². The zero-order valence-corrected chi connectivity index (χ0v) is 36.5. The number of aromatic nitrogens is 2. The first-order valence-corrected chi connectivity index (χ1v) is 22.0. The molecule has 320 valence electrons. The van der Waals surface area contributed by atoms with Crippen molar-refractivity contribution in [2.24, 2.45) is 18.4 Å². The van der Waals surface area contributed by atoms with E-state index in [4.69, 9.17) is 21.1 Å². The summed E-state index contributed by atoms with van der Waals surface area (Å²) in [6.45, 7) is 14.1. The number of methoxy groups -OCH3 is 1. The van der Waals surface area contributed by atoms with E-state index in [1.807, 2.05) is 49.5 Å². The number of nitrogens with one attached hydrogen (secondary N) is 1. The van der Waals surface area contributed by atoms with Crippen LogP contribution in [0.4, 0.5) is 5.82 Å². The molecule has 13 heteroatoms. The molecule has 1 saturated carbocycles. The fourth-order valence-electron chi connectivity index (χ4n) is 10.4. The van der Waals surface area contributed by atoms with E-state index in [0.29, 0.717) is 57.2 Å². The Bertz CT molecular complexity index is 2490. The minimum atomic E-state index is -0.383. The number of imide groups is 1. The van der Waals surface area contributed by atoms with Gasteiger partial charge in [0.25, 0.3) is 17.4 Å². The predicted octanol–water partition coefficient (Wildman–Crippen LogP) is 7.24. The number of hydrogen-bond donors (Lipinski definition) is 1. The SMILES string of the molecule is C=C1CCC(N2C(=O)c3ccc(OC4CC5(CCN(CC6CCN(Cc7c(Cl)cc(-c8cn(C)c(=O)c9cnc(N(C)C)cc89)cc7OC)CC6)CC5)C4)cc3C2=O)C(=C)N1. The number of carbonyl (C=O) groups is 2. The number of benzene rings is 2. The van der Waals surface area contributed by atoms with Crippen LogP contribution in [0.3, 0.4) is 0 Å². The number of anilines is 1. The highest BCUT2D eigenvalue weighted by Gasteiger charge is 2.48. The summed E-state index contributed by atoms with van der Waals surface area (Å²) < 4.78 is 14.0. The molecule has 1 atom stereocenters. The molecule has 9 rings (SSSR count). The number of piperidine rings is 3. The number of nitrogens with zero attached hydrogens (tertiary/aromatic N) is 6. The minimum Gasteiger partial charge on any atom is -0.496 e. The van der Waals surface area contributed by atoms with Crippen LogP contribution in [0.5, 0.6) is 11.5 Å². The number of aryl methyl sites for hydroxylation is 1. The third-order valence-corrected chi connectivity index (χ3v) is 14.3. The molecule has 6 heterocycles. The normalized spacial score (nSPS) is 21.2. The summed E-state index contributed by atoms with van der Waals surface area (Å²) in [7, 11) is 7.33. The lowest BCUT2D eigenvalue weighted by atomic mass is 9.61. The van der Waals surface area contributed by atoms with E-state index in [1.54, 1.807) is 37.1 Å². The first-order valence-electron chi connectivity index (χ1n) is 21.6. The fourth-order valence-corrected chi connectivity index (χ4v) is 10.7. The van der Waals surface area contributed by atoms with Crippen molar-refractivity contribution in [2.45, 2.75) is 70.1 Å². The van der Waals surface area contributed by atoms with Crippen LogP contribution in [0.25, 0.3) is 21.9 Å². The second-order valence-electron chi connectivity index (χ2n) is 18.2. The number of carbonyl (C=O) groups excluding carboxylic acids is 2. The lowest BCUT2D eigenvalue weighted by Crippen LogP contribution is -2.51. The van der Waals surface area contributed by atoms with Gasteiger partial charge < -0.3 is 29.2 Å². The molecule has 1 spiro atoms. The molecule has 1 aliphatic carbocycles. The number of fused-ring (bicyclic) bond motifs is 2. The molecular weight excluding hydrogens is 790 g/mol. The lowest BCUT2D eigenvalue weighted by molar-refractivity contribution is -0.0580. The lowest BCUT2D eigenvalue weighted by Gasteiger charge is -2.52. The monoisotopic (exact) mass is 845 g/mol. The van der Waals surface area contributed by atoms with Gasteiger partial charge in [-0.05, 0) is 131 Å². The maximum absolute atomic E-state index is 13.4. The number of pyridine rings is 2. The molecule has 61 heavy (non-hydrogen) atoms. The van der Waals surface area contributed by atoms with Crippen LogP contribution >= 0.6 is 11.6 Å². The number of rotatable bonds is 10. The molecule has 5 aliphatic rings. The van der Waals surface area contributed by atoms with Gasteiger partial charge in [-0.25, -0.2) is 4.98 Å². The number of amides is 2. The molecule has 12 nitrogen and oxygen atoms in total. The minimum absolute atomic E-state index is 0.0918. The van der Waals surface area contributed by atoms with E-state index in [9.17, 15) is 14.4 Å². The van der Waals surface area contributed by atoms with Gasteiger partial charge in [-0.3, -0.25) is 24.2 Å². The third-order valence-electron chi connectivity index (χ3n) is 14.0. The highest BCUT2D eigenvalue weighted by Crippen LogP contribution is 2.51. The zero-order valence-electron chi connectivity index (χ0n) is 35.8. The Labute approximate surface area is 362 Å². The Morgan fingerprint density at radius 1 is 0.918 bits per heavy atom. The Hall–Kier alpha value is -5.17. The number of hydrogen-bond acceptors (Lipinski definition) is 10. The Kier molecular flexibility index (Phi) is 11.0. The molecule has 0 bridgehead atoms.